The van der Waals surface area contributed by atoms with Crippen molar-refractivity contribution in [2.75, 3.05) is 6.54 Å². The van der Waals surface area contributed by atoms with Crippen LogP contribution in [0.15, 0.2) is 22.7 Å². The van der Waals surface area contributed by atoms with Crippen molar-refractivity contribution >= 4 is 33.4 Å². The molecule has 1 atom stereocenters. The third-order valence-electron chi connectivity index (χ3n) is 1.91. The zero-order valence-corrected chi connectivity index (χ0v) is 10.6. The first-order valence-corrected chi connectivity index (χ1v) is 5.67. The molecule has 0 unspecified atom stereocenters. The van der Waals surface area contributed by atoms with Crippen molar-refractivity contribution in [1.29, 1.82) is 0 Å². The Morgan fingerprint density at radius 3 is 2.87 bits per heavy atom. The van der Waals surface area contributed by atoms with Crippen LogP contribution in [-0.4, -0.2) is 18.5 Å². The average Bonchev–Trinajstić information content (AvgIpc) is 2.17. The molecule has 0 aliphatic heterocycles. The van der Waals surface area contributed by atoms with Gasteiger partial charge >= 0.3 is 0 Å². The van der Waals surface area contributed by atoms with Crippen LogP contribution in [0.25, 0.3) is 0 Å². The lowest BCUT2D eigenvalue weighted by Gasteiger charge is -2.12. The second-order valence-electron chi connectivity index (χ2n) is 3.23. The predicted octanol–water partition coefficient (Wildman–Crippen LogP) is 2.18. The quantitative estimate of drug-likeness (QED) is 0.897. The van der Waals surface area contributed by atoms with E-state index in [0.29, 0.717) is 21.6 Å². The molecule has 0 bridgehead atoms. The summed E-state index contributed by atoms with van der Waals surface area (Å²) in [5.74, 6) is -0.156. The number of hydrogen-bond acceptors (Lipinski definition) is 2. The summed E-state index contributed by atoms with van der Waals surface area (Å²) in [6.07, 6.45) is 0. The molecule has 0 saturated heterocycles. The zero-order chi connectivity index (χ0) is 11.4. The van der Waals surface area contributed by atoms with Crippen molar-refractivity contribution in [3.63, 3.8) is 0 Å². The van der Waals surface area contributed by atoms with Crippen molar-refractivity contribution in [3.05, 3.63) is 33.3 Å². The molecule has 15 heavy (non-hydrogen) atoms. The molecule has 3 N–H and O–H groups in total. The van der Waals surface area contributed by atoms with Crippen molar-refractivity contribution in [2.24, 2.45) is 5.73 Å². The van der Waals surface area contributed by atoms with Crippen molar-refractivity contribution in [1.82, 2.24) is 5.32 Å². The van der Waals surface area contributed by atoms with E-state index in [1.165, 1.54) is 0 Å². The number of halogens is 2. The number of hydrogen-bond donors (Lipinski definition) is 2. The number of nitrogens with two attached hydrogens (primary N) is 1. The summed E-state index contributed by atoms with van der Waals surface area (Å²) in [5.41, 5.74) is 5.97. The highest BCUT2D eigenvalue weighted by molar-refractivity contribution is 9.10. The molecule has 1 rings (SSSR count). The van der Waals surface area contributed by atoms with Gasteiger partial charge in [0, 0.05) is 22.1 Å². The molecule has 0 aromatic heterocycles. The van der Waals surface area contributed by atoms with E-state index in [1.54, 1.807) is 18.2 Å². The monoisotopic (exact) mass is 290 g/mol. The lowest BCUT2D eigenvalue weighted by molar-refractivity contribution is 0.0940. The second kappa shape index (κ2) is 5.49. The Hall–Kier alpha value is -0.580. The molecule has 0 aliphatic carbocycles. The second-order valence-corrected chi connectivity index (χ2v) is 4.53. The summed E-state index contributed by atoms with van der Waals surface area (Å²) in [6, 6.07) is 4.99. The van der Waals surface area contributed by atoms with Crippen LogP contribution < -0.4 is 11.1 Å². The van der Waals surface area contributed by atoms with E-state index in [-0.39, 0.29) is 11.9 Å². The molecule has 0 heterocycles. The average molecular weight is 292 g/mol. The number of amides is 1. The van der Waals surface area contributed by atoms with E-state index in [4.69, 9.17) is 17.3 Å². The largest absolute Gasteiger partial charge is 0.348 e. The van der Waals surface area contributed by atoms with Crippen LogP contribution in [0.2, 0.25) is 5.02 Å². The van der Waals surface area contributed by atoms with Crippen LogP contribution in [0.3, 0.4) is 0 Å². The maximum Gasteiger partial charge on any atom is 0.252 e. The van der Waals surface area contributed by atoms with Gasteiger partial charge in [-0.15, -0.1) is 0 Å². The molecule has 1 aromatic rings. The Morgan fingerprint density at radius 2 is 2.33 bits per heavy atom. The van der Waals surface area contributed by atoms with Gasteiger partial charge in [-0.05, 0) is 41.1 Å². The first-order chi connectivity index (χ1) is 7.04. The van der Waals surface area contributed by atoms with Crippen molar-refractivity contribution in [2.45, 2.75) is 13.0 Å². The number of rotatable bonds is 3. The third-order valence-corrected chi connectivity index (χ3v) is 2.80. The summed E-state index contributed by atoms with van der Waals surface area (Å²) >= 11 is 9.06. The Bertz CT molecular complexity index is 370. The molecule has 0 aliphatic rings. The molecule has 5 heteroatoms. The van der Waals surface area contributed by atoms with Gasteiger partial charge in [0.15, 0.2) is 0 Å². The first-order valence-electron chi connectivity index (χ1n) is 4.50. The summed E-state index contributed by atoms with van der Waals surface area (Å²) in [4.78, 5) is 11.7. The fourth-order valence-corrected chi connectivity index (χ4v) is 1.90. The fraction of sp³-hybridized carbons (Fsp3) is 0.300. The summed E-state index contributed by atoms with van der Waals surface area (Å²) < 4.78 is 0.678. The topological polar surface area (TPSA) is 55.1 Å². The summed E-state index contributed by atoms with van der Waals surface area (Å²) in [6.45, 7) is 2.26. The molecule has 1 aromatic carbocycles. The van der Waals surface area contributed by atoms with Crippen LogP contribution in [0.1, 0.15) is 17.3 Å². The predicted molar refractivity (Wildman–Crippen MR) is 65.1 cm³/mol. The molecule has 82 valence electrons. The number of benzene rings is 1. The highest BCUT2D eigenvalue weighted by Gasteiger charge is 2.11. The highest BCUT2D eigenvalue weighted by Crippen LogP contribution is 2.21. The number of carbonyl (C=O) groups is 1. The van der Waals surface area contributed by atoms with Gasteiger partial charge in [0.1, 0.15) is 0 Å². The van der Waals surface area contributed by atoms with Gasteiger partial charge in [-0.25, -0.2) is 0 Å². The fourth-order valence-electron chi connectivity index (χ4n) is 1.03. The molecule has 0 saturated carbocycles. The minimum absolute atomic E-state index is 0.0416. The lowest BCUT2D eigenvalue weighted by atomic mass is 10.2. The van der Waals surface area contributed by atoms with E-state index in [2.05, 4.69) is 21.2 Å². The van der Waals surface area contributed by atoms with Crippen LogP contribution in [-0.2, 0) is 0 Å². The summed E-state index contributed by atoms with van der Waals surface area (Å²) in [7, 11) is 0. The van der Waals surface area contributed by atoms with Gasteiger partial charge in [0.05, 0.1) is 5.56 Å². The Kier molecular flexibility index (Phi) is 4.57. The maximum absolute atomic E-state index is 11.7. The van der Waals surface area contributed by atoms with Gasteiger partial charge in [-0.1, -0.05) is 11.6 Å². The van der Waals surface area contributed by atoms with Gasteiger partial charge in [-0.2, -0.15) is 0 Å². The van der Waals surface area contributed by atoms with Crippen molar-refractivity contribution < 1.29 is 4.79 Å². The highest BCUT2D eigenvalue weighted by atomic mass is 79.9. The minimum atomic E-state index is -0.156. The van der Waals surface area contributed by atoms with E-state index in [9.17, 15) is 4.79 Å². The molecule has 0 spiro atoms. The van der Waals surface area contributed by atoms with E-state index in [1.807, 2.05) is 6.92 Å². The van der Waals surface area contributed by atoms with Crippen LogP contribution in [0, 0.1) is 0 Å². The molecule has 3 nitrogen and oxygen atoms in total. The number of carbonyl (C=O) groups excluding carboxylic acids is 1. The van der Waals surface area contributed by atoms with Gasteiger partial charge in [0.25, 0.3) is 5.91 Å². The Morgan fingerprint density at radius 1 is 1.67 bits per heavy atom. The Balaban J connectivity index is 2.82. The normalized spacial score (nSPS) is 12.3. The third kappa shape index (κ3) is 3.48. The maximum atomic E-state index is 11.7. The van der Waals surface area contributed by atoms with Crippen molar-refractivity contribution in [3.8, 4) is 0 Å². The van der Waals surface area contributed by atoms with E-state index >= 15 is 0 Å². The lowest BCUT2D eigenvalue weighted by Crippen LogP contribution is -2.37. The SMILES string of the molecule is C[C@H](CN)NC(=O)c1ccc(Cl)cc1Br. The van der Waals surface area contributed by atoms with Crippen LogP contribution in [0.5, 0.6) is 0 Å². The molecular formula is C10H12BrClN2O. The Labute approximate surface area is 102 Å². The van der Waals surface area contributed by atoms with Gasteiger partial charge in [-0.3, -0.25) is 4.79 Å². The van der Waals surface area contributed by atoms with Gasteiger partial charge in [0.2, 0.25) is 0 Å². The smallest absolute Gasteiger partial charge is 0.252 e. The standard InChI is InChI=1S/C10H12BrClN2O/c1-6(5-13)14-10(15)8-3-2-7(12)4-9(8)11/h2-4,6H,5,13H2,1H3,(H,14,15)/t6-/m1/s1. The van der Waals surface area contributed by atoms with E-state index in [0.717, 1.165) is 0 Å². The van der Waals surface area contributed by atoms with Crippen LogP contribution >= 0.6 is 27.5 Å². The van der Waals surface area contributed by atoms with Gasteiger partial charge < -0.3 is 11.1 Å². The molecule has 0 fully saturated rings. The van der Waals surface area contributed by atoms with Crippen LogP contribution in [0.4, 0.5) is 0 Å². The summed E-state index contributed by atoms with van der Waals surface area (Å²) in [5, 5.41) is 3.36. The first kappa shape index (κ1) is 12.5. The zero-order valence-electron chi connectivity index (χ0n) is 8.26. The minimum Gasteiger partial charge on any atom is -0.348 e. The van der Waals surface area contributed by atoms with E-state index < -0.39 is 0 Å². The molecular weight excluding hydrogens is 279 g/mol. The molecule has 1 amide bonds. The number of nitrogens with one attached hydrogen (secondary N) is 1. The molecule has 0 radical (unpaired) electrons.